The molecule has 7 heteroatoms. The van der Waals surface area contributed by atoms with E-state index in [0.717, 1.165) is 6.07 Å². The Balaban J connectivity index is 3.05. The highest BCUT2D eigenvalue weighted by molar-refractivity contribution is 9.10. The van der Waals surface area contributed by atoms with Crippen molar-refractivity contribution in [2.75, 3.05) is 6.61 Å². The first-order chi connectivity index (χ1) is 8.19. The zero-order chi connectivity index (χ0) is 13.9. The van der Waals surface area contributed by atoms with Crippen LogP contribution in [0.25, 0.3) is 0 Å². The lowest BCUT2D eigenvalue weighted by Crippen LogP contribution is -2.18. The van der Waals surface area contributed by atoms with Gasteiger partial charge in [0.05, 0.1) is 11.6 Å². The fourth-order valence-electron chi connectivity index (χ4n) is 1.13. The Kier molecular flexibility index (Phi) is 5.16. The maximum absolute atomic E-state index is 12.2. The third-order valence-electron chi connectivity index (χ3n) is 1.76. The van der Waals surface area contributed by atoms with Crippen molar-refractivity contribution in [1.29, 1.82) is 0 Å². The van der Waals surface area contributed by atoms with Crippen LogP contribution in [0.1, 0.15) is 13.8 Å². The lowest BCUT2D eigenvalue weighted by atomic mass is 10.2. The molecule has 1 aromatic rings. The van der Waals surface area contributed by atoms with Crippen molar-refractivity contribution in [2.24, 2.45) is 5.92 Å². The monoisotopic (exact) mass is 346 g/mol. The molecular formula is C11H11BrClF3O2. The van der Waals surface area contributed by atoms with E-state index in [4.69, 9.17) is 16.3 Å². The lowest BCUT2D eigenvalue weighted by molar-refractivity contribution is -0.275. The van der Waals surface area contributed by atoms with Crippen LogP contribution in [-0.4, -0.2) is 13.0 Å². The van der Waals surface area contributed by atoms with E-state index >= 15 is 0 Å². The van der Waals surface area contributed by atoms with Crippen LogP contribution in [0.3, 0.4) is 0 Å². The first-order valence-corrected chi connectivity index (χ1v) is 6.23. The second kappa shape index (κ2) is 6.02. The summed E-state index contributed by atoms with van der Waals surface area (Å²) in [5.74, 6) is -0.406. The van der Waals surface area contributed by atoms with Crippen molar-refractivity contribution in [2.45, 2.75) is 20.2 Å². The molecule has 18 heavy (non-hydrogen) atoms. The van der Waals surface area contributed by atoms with Crippen molar-refractivity contribution >= 4 is 27.5 Å². The minimum absolute atomic E-state index is 0.0595. The second-order valence-corrected chi connectivity index (χ2v) is 5.29. The summed E-state index contributed by atoms with van der Waals surface area (Å²) in [4.78, 5) is 0. The van der Waals surface area contributed by atoms with Crippen molar-refractivity contribution in [1.82, 2.24) is 0 Å². The van der Waals surface area contributed by atoms with Crippen molar-refractivity contribution in [3.05, 3.63) is 21.6 Å². The van der Waals surface area contributed by atoms with E-state index < -0.39 is 12.1 Å². The topological polar surface area (TPSA) is 18.5 Å². The average molecular weight is 348 g/mol. The molecule has 0 aromatic heterocycles. The van der Waals surface area contributed by atoms with E-state index in [1.165, 1.54) is 6.07 Å². The molecule has 0 aliphatic heterocycles. The van der Waals surface area contributed by atoms with Crippen molar-refractivity contribution in [3.8, 4) is 11.5 Å². The van der Waals surface area contributed by atoms with E-state index in [-0.39, 0.29) is 23.3 Å². The summed E-state index contributed by atoms with van der Waals surface area (Å²) in [7, 11) is 0. The third-order valence-corrected chi connectivity index (χ3v) is 2.50. The maximum Gasteiger partial charge on any atom is 0.573 e. The summed E-state index contributed by atoms with van der Waals surface area (Å²) in [5.41, 5.74) is 0. The summed E-state index contributed by atoms with van der Waals surface area (Å²) in [6.45, 7) is 3.99. The van der Waals surface area contributed by atoms with Gasteiger partial charge in [-0.25, -0.2) is 0 Å². The van der Waals surface area contributed by atoms with E-state index in [9.17, 15) is 13.2 Å². The van der Waals surface area contributed by atoms with E-state index in [1.54, 1.807) is 0 Å². The third kappa shape index (κ3) is 4.94. The molecule has 102 valence electrons. The summed E-state index contributed by atoms with van der Waals surface area (Å²) >= 11 is 8.89. The van der Waals surface area contributed by atoms with Crippen molar-refractivity contribution < 1.29 is 22.6 Å². The molecule has 1 aromatic carbocycles. The summed E-state index contributed by atoms with van der Waals surface area (Å²) in [6.07, 6.45) is -4.79. The van der Waals surface area contributed by atoms with Gasteiger partial charge in [0.15, 0.2) is 11.5 Å². The van der Waals surface area contributed by atoms with Gasteiger partial charge in [0.2, 0.25) is 0 Å². The van der Waals surface area contributed by atoms with Gasteiger partial charge >= 0.3 is 6.36 Å². The highest BCUT2D eigenvalue weighted by atomic mass is 79.9. The zero-order valence-corrected chi connectivity index (χ0v) is 12.0. The fourth-order valence-corrected chi connectivity index (χ4v) is 1.96. The molecule has 0 amide bonds. The lowest BCUT2D eigenvalue weighted by Gasteiger charge is -2.16. The van der Waals surface area contributed by atoms with Gasteiger partial charge in [0.1, 0.15) is 0 Å². The van der Waals surface area contributed by atoms with Gasteiger partial charge in [-0.05, 0) is 18.1 Å². The standard InChI is InChI=1S/C11H11BrClF3O2/c1-6(2)5-17-10-8(13)3-7(12)4-9(10)18-11(14,15)16/h3-4,6H,5H2,1-2H3. The van der Waals surface area contributed by atoms with Crippen LogP contribution in [0.2, 0.25) is 5.02 Å². The van der Waals surface area contributed by atoms with E-state index in [2.05, 4.69) is 20.7 Å². The zero-order valence-electron chi connectivity index (χ0n) is 9.65. The minimum atomic E-state index is -4.79. The Hall–Kier alpha value is -0.620. The molecule has 0 atom stereocenters. The predicted octanol–water partition coefficient (Wildman–Crippen LogP) is 5.04. The molecule has 0 heterocycles. The number of hydrogen-bond acceptors (Lipinski definition) is 2. The predicted molar refractivity (Wildman–Crippen MR) is 66.2 cm³/mol. The van der Waals surface area contributed by atoms with Gasteiger partial charge in [-0.1, -0.05) is 41.4 Å². The summed E-state index contributed by atoms with van der Waals surface area (Å²) in [6, 6.07) is 2.61. The quantitative estimate of drug-likeness (QED) is 0.760. The van der Waals surface area contributed by atoms with Crippen LogP contribution in [0.4, 0.5) is 13.2 Å². The fraction of sp³-hybridized carbons (Fsp3) is 0.455. The Morgan fingerprint density at radius 1 is 1.33 bits per heavy atom. The molecule has 2 nitrogen and oxygen atoms in total. The molecule has 0 saturated heterocycles. The van der Waals surface area contributed by atoms with Gasteiger partial charge in [-0.15, -0.1) is 13.2 Å². The highest BCUT2D eigenvalue weighted by Gasteiger charge is 2.33. The molecule has 0 aliphatic rings. The van der Waals surface area contributed by atoms with Gasteiger partial charge in [-0.3, -0.25) is 0 Å². The molecule has 0 fully saturated rings. The molecule has 0 bridgehead atoms. The van der Waals surface area contributed by atoms with E-state index in [0.29, 0.717) is 4.47 Å². The van der Waals surface area contributed by atoms with Crippen LogP contribution < -0.4 is 9.47 Å². The molecule has 0 N–H and O–H groups in total. The number of halogens is 5. The molecule has 0 aliphatic carbocycles. The van der Waals surface area contributed by atoms with Gasteiger partial charge in [0.25, 0.3) is 0 Å². The van der Waals surface area contributed by atoms with Gasteiger partial charge in [-0.2, -0.15) is 0 Å². The first-order valence-electron chi connectivity index (χ1n) is 5.06. The van der Waals surface area contributed by atoms with Crippen molar-refractivity contribution in [3.63, 3.8) is 0 Å². The van der Waals surface area contributed by atoms with Crippen LogP contribution in [0, 0.1) is 5.92 Å². The molecule has 0 saturated carbocycles. The second-order valence-electron chi connectivity index (χ2n) is 3.97. The Bertz CT molecular complexity index is 421. The number of rotatable bonds is 4. The average Bonchev–Trinajstić information content (AvgIpc) is 2.12. The first kappa shape index (κ1) is 15.4. The maximum atomic E-state index is 12.2. The number of ether oxygens (including phenoxy) is 2. The number of alkyl halides is 3. The van der Waals surface area contributed by atoms with Gasteiger partial charge in [0, 0.05) is 4.47 Å². The molecule has 0 radical (unpaired) electrons. The molecule has 1 rings (SSSR count). The highest BCUT2D eigenvalue weighted by Crippen LogP contribution is 2.40. The molecule has 0 unspecified atom stereocenters. The SMILES string of the molecule is CC(C)COc1c(Cl)cc(Br)cc1OC(F)(F)F. The number of hydrogen-bond donors (Lipinski definition) is 0. The Labute approximate surface area is 116 Å². The smallest absolute Gasteiger partial charge is 0.488 e. The van der Waals surface area contributed by atoms with Crippen LogP contribution in [-0.2, 0) is 0 Å². The minimum Gasteiger partial charge on any atom is -0.488 e. The normalized spacial score (nSPS) is 11.8. The molecular weight excluding hydrogens is 336 g/mol. The van der Waals surface area contributed by atoms with E-state index in [1.807, 2.05) is 13.8 Å². The van der Waals surface area contributed by atoms with Gasteiger partial charge < -0.3 is 9.47 Å². The molecule has 0 spiro atoms. The summed E-state index contributed by atoms with van der Waals surface area (Å²) in [5, 5.41) is 0.0595. The van der Waals surface area contributed by atoms with Crippen LogP contribution >= 0.6 is 27.5 Å². The Morgan fingerprint density at radius 2 is 1.94 bits per heavy atom. The number of benzene rings is 1. The summed E-state index contributed by atoms with van der Waals surface area (Å²) < 4.78 is 46.3. The van der Waals surface area contributed by atoms with Crippen LogP contribution in [0.5, 0.6) is 11.5 Å². The largest absolute Gasteiger partial charge is 0.573 e. The Morgan fingerprint density at radius 3 is 2.44 bits per heavy atom. The van der Waals surface area contributed by atoms with Crippen LogP contribution in [0.15, 0.2) is 16.6 Å².